The molecule has 41 heavy (non-hydrogen) atoms. The fraction of sp³-hybridized carbons (Fsp3) is 0.333. The van der Waals surface area contributed by atoms with Gasteiger partial charge in [-0.3, -0.25) is 19.5 Å². The number of hydrogen-bond donors (Lipinski definition) is 2. The Hall–Kier alpha value is -4.17. The minimum absolute atomic E-state index is 0.0437. The second-order valence-corrected chi connectivity index (χ2v) is 10.8. The van der Waals surface area contributed by atoms with E-state index in [1.165, 1.54) is 23.1 Å². The third-order valence-electron chi connectivity index (χ3n) is 5.72. The summed E-state index contributed by atoms with van der Waals surface area (Å²) in [5, 5.41) is 23.7. The van der Waals surface area contributed by atoms with E-state index in [9.17, 15) is 9.59 Å². The van der Waals surface area contributed by atoms with Crippen molar-refractivity contribution in [3.05, 3.63) is 58.9 Å². The van der Waals surface area contributed by atoms with Gasteiger partial charge >= 0.3 is 0 Å². The number of carbonyl (C=O) groups is 2. The minimum Gasteiger partial charge on any atom is -0.497 e. The van der Waals surface area contributed by atoms with Crippen LogP contribution in [0.4, 0.5) is 5.13 Å². The molecule has 0 unspecified atom stereocenters. The number of rotatable bonds is 14. The summed E-state index contributed by atoms with van der Waals surface area (Å²) < 4.78 is 18.4. The van der Waals surface area contributed by atoms with E-state index in [2.05, 4.69) is 38.0 Å². The van der Waals surface area contributed by atoms with Gasteiger partial charge in [-0.1, -0.05) is 36.4 Å². The lowest BCUT2D eigenvalue weighted by Gasteiger charge is -2.15. The molecule has 0 saturated heterocycles. The summed E-state index contributed by atoms with van der Waals surface area (Å²) in [6.07, 6.45) is 2.01. The zero-order valence-corrected chi connectivity index (χ0v) is 24.8. The highest BCUT2D eigenvalue weighted by atomic mass is 32.2. The van der Waals surface area contributed by atoms with E-state index >= 15 is 0 Å². The maximum Gasteiger partial charge on any atom is 0.251 e. The zero-order chi connectivity index (χ0) is 29.2. The molecule has 0 spiro atoms. The molecule has 216 valence electrons. The van der Waals surface area contributed by atoms with Crippen LogP contribution in [0.15, 0.2) is 47.6 Å². The summed E-state index contributed by atoms with van der Waals surface area (Å²) in [6, 6.07) is 12.3. The molecule has 0 bridgehead atoms. The first kappa shape index (κ1) is 29.8. The molecule has 2 aromatic heterocycles. The lowest BCUT2D eigenvalue weighted by molar-refractivity contribution is -0.113. The van der Waals surface area contributed by atoms with Gasteiger partial charge < -0.3 is 19.5 Å². The maximum absolute atomic E-state index is 12.9. The monoisotopic (exact) mass is 597 g/mol. The molecule has 12 nitrogen and oxygen atoms in total. The molecule has 0 aliphatic heterocycles. The van der Waals surface area contributed by atoms with Crippen LogP contribution in [0.5, 0.6) is 17.2 Å². The Balaban J connectivity index is 1.52. The van der Waals surface area contributed by atoms with E-state index in [0.717, 1.165) is 17.8 Å². The van der Waals surface area contributed by atoms with E-state index in [4.69, 9.17) is 14.2 Å². The van der Waals surface area contributed by atoms with Crippen molar-refractivity contribution in [2.75, 3.05) is 31.9 Å². The van der Waals surface area contributed by atoms with Crippen molar-refractivity contribution in [1.29, 1.82) is 0 Å². The van der Waals surface area contributed by atoms with Gasteiger partial charge in [-0.2, -0.15) is 0 Å². The van der Waals surface area contributed by atoms with Crippen LogP contribution >= 0.6 is 23.1 Å². The van der Waals surface area contributed by atoms with Crippen molar-refractivity contribution in [2.24, 2.45) is 0 Å². The molecule has 4 aromatic rings. The van der Waals surface area contributed by atoms with Gasteiger partial charge in [-0.15, -0.1) is 20.4 Å². The Morgan fingerprint density at radius 1 is 1.00 bits per heavy atom. The van der Waals surface area contributed by atoms with Gasteiger partial charge in [0.1, 0.15) is 22.3 Å². The van der Waals surface area contributed by atoms with Crippen LogP contribution < -0.4 is 24.8 Å². The number of hydrogen-bond acceptors (Lipinski definition) is 11. The van der Waals surface area contributed by atoms with Crippen molar-refractivity contribution in [1.82, 2.24) is 30.3 Å². The number of ether oxygens (including phenoxy) is 3. The molecule has 2 aromatic carbocycles. The molecule has 0 aliphatic rings. The van der Waals surface area contributed by atoms with Gasteiger partial charge in [0, 0.05) is 11.6 Å². The number of benzene rings is 2. The van der Waals surface area contributed by atoms with Crippen LogP contribution in [0.1, 0.15) is 41.0 Å². The Morgan fingerprint density at radius 3 is 2.46 bits per heavy atom. The number of methoxy groups -OCH3 is 2. The summed E-state index contributed by atoms with van der Waals surface area (Å²) in [5.41, 5.74) is 1.08. The third kappa shape index (κ3) is 7.95. The number of aromatic nitrogens is 5. The average Bonchev–Trinajstić information content (AvgIpc) is 3.59. The Kier molecular flexibility index (Phi) is 10.5. The molecule has 2 N–H and O–H groups in total. The third-order valence-corrected chi connectivity index (χ3v) is 7.41. The van der Waals surface area contributed by atoms with E-state index in [0.29, 0.717) is 51.2 Å². The topological polar surface area (TPSA) is 142 Å². The Morgan fingerprint density at radius 2 is 1.78 bits per heavy atom. The normalized spacial score (nSPS) is 10.7. The molecule has 0 fully saturated rings. The fourth-order valence-corrected chi connectivity index (χ4v) is 5.02. The lowest BCUT2D eigenvalue weighted by Crippen LogP contribution is -2.24. The first-order valence-electron chi connectivity index (χ1n) is 12.8. The summed E-state index contributed by atoms with van der Waals surface area (Å²) in [7, 11) is 3.12. The van der Waals surface area contributed by atoms with Crippen molar-refractivity contribution in [2.45, 2.75) is 38.4 Å². The van der Waals surface area contributed by atoms with Crippen LogP contribution in [0, 0.1) is 6.92 Å². The fourth-order valence-electron chi connectivity index (χ4n) is 3.65. The van der Waals surface area contributed by atoms with Crippen molar-refractivity contribution >= 4 is 40.0 Å². The number of nitrogens with zero attached hydrogens (tertiary/aromatic N) is 5. The highest BCUT2D eigenvalue weighted by molar-refractivity contribution is 7.99. The Labute approximate surface area is 245 Å². The van der Waals surface area contributed by atoms with Crippen molar-refractivity contribution in [3.8, 4) is 22.9 Å². The van der Waals surface area contributed by atoms with Crippen molar-refractivity contribution < 1.29 is 23.8 Å². The van der Waals surface area contributed by atoms with Crippen molar-refractivity contribution in [3.63, 3.8) is 0 Å². The summed E-state index contributed by atoms with van der Waals surface area (Å²) in [5.74, 6) is 1.77. The van der Waals surface area contributed by atoms with Gasteiger partial charge in [0.25, 0.3) is 5.91 Å². The quantitative estimate of drug-likeness (QED) is 0.160. The van der Waals surface area contributed by atoms with Crippen LogP contribution in [0.3, 0.4) is 0 Å². The van der Waals surface area contributed by atoms with E-state index in [-0.39, 0.29) is 24.1 Å². The molecular formula is C27H31N7O5S2. The average molecular weight is 598 g/mol. The first-order valence-corrected chi connectivity index (χ1v) is 14.6. The van der Waals surface area contributed by atoms with Gasteiger partial charge in [0.2, 0.25) is 11.0 Å². The van der Waals surface area contributed by atoms with Gasteiger partial charge in [0.05, 0.1) is 38.8 Å². The first-order chi connectivity index (χ1) is 19.9. The van der Waals surface area contributed by atoms with E-state index < -0.39 is 0 Å². The van der Waals surface area contributed by atoms with Gasteiger partial charge in [0.15, 0.2) is 11.0 Å². The molecule has 4 rings (SSSR count). The predicted molar refractivity (Wildman–Crippen MR) is 156 cm³/mol. The number of anilines is 1. The van der Waals surface area contributed by atoms with Gasteiger partial charge in [-0.05, 0) is 49.7 Å². The van der Waals surface area contributed by atoms with Crippen LogP contribution in [0.2, 0.25) is 0 Å². The highest BCUT2D eigenvalue weighted by Crippen LogP contribution is 2.32. The molecule has 2 amide bonds. The van der Waals surface area contributed by atoms with Crippen LogP contribution in [-0.4, -0.2) is 63.4 Å². The number of unbranched alkanes of at least 4 members (excludes halogenated alkanes) is 1. The standard InChI is InChI=1S/C27H31N7O5S2/c1-5-6-13-39-19-9-7-18(8-10-19)25(36)28-15-23-31-33-27(40-16-24(35)29-26-32-30-17(2)41-26)34(23)21-14-20(37-3)11-12-22(21)38-4/h7-12,14H,5-6,13,15-16H2,1-4H3,(H,28,36)(H,29,32,35). The van der Waals surface area contributed by atoms with Crippen LogP contribution in [-0.2, 0) is 11.3 Å². The molecule has 14 heteroatoms. The number of carbonyl (C=O) groups excluding carboxylic acids is 2. The zero-order valence-electron chi connectivity index (χ0n) is 23.2. The summed E-state index contributed by atoms with van der Waals surface area (Å²) >= 11 is 2.47. The van der Waals surface area contributed by atoms with E-state index in [1.54, 1.807) is 61.3 Å². The molecular weight excluding hydrogens is 566 g/mol. The molecule has 0 saturated carbocycles. The molecule has 0 atom stereocenters. The number of amides is 2. The largest absolute Gasteiger partial charge is 0.497 e. The number of nitrogens with one attached hydrogen (secondary N) is 2. The lowest BCUT2D eigenvalue weighted by atomic mass is 10.2. The Bertz CT molecular complexity index is 1470. The molecule has 2 heterocycles. The second-order valence-electron chi connectivity index (χ2n) is 8.64. The maximum atomic E-state index is 12.9. The van der Waals surface area contributed by atoms with E-state index in [1.807, 2.05) is 6.92 Å². The predicted octanol–water partition coefficient (Wildman–Crippen LogP) is 4.28. The highest BCUT2D eigenvalue weighted by Gasteiger charge is 2.21. The molecule has 0 aliphatic carbocycles. The number of aryl methyl sites for hydroxylation is 1. The minimum atomic E-state index is -0.279. The smallest absolute Gasteiger partial charge is 0.251 e. The second kappa shape index (κ2) is 14.5. The SMILES string of the molecule is CCCCOc1ccc(C(=O)NCc2nnc(SCC(=O)Nc3nnc(C)s3)n2-c2cc(OC)ccc2OC)cc1. The molecule has 0 radical (unpaired) electrons. The van der Waals surface area contributed by atoms with Crippen LogP contribution in [0.25, 0.3) is 5.69 Å². The van der Waals surface area contributed by atoms with Gasteiger partial charge in [-0.25, -0.2) is 0 Å². The summed E-state index contributed by atoms with van der Waals surface area (Å²) in [4.78, 5) is 25.5. The number of thioether (sulfide) groups is 1. The summed E-state index contributed by atoms with van der Waals surface area (Å²) in [6.45, 7) is 4.61.